The lowest BCUT2D eigenvalue weighted by molar-refractivity contribution is -0.126. The first-order chi connectivity index (χ1) is 14.0. The van der Waals surface area contributed by atoms with Crippen LogP contribution in [0.15, 0.2) is 48.5 Å². The van der Waals surface area contributed by atoms with Crippen molar-refractivity contribution < 1.29 is 4.79 Å². The van der Waals surface area contributed by atoms with Gasteiger partial charge in [-0.1, -0.05) is 67.1 Å². The number of halogens is 1. The molecule has 0 N–H and O–H groups in total. The number of aromatic nitrogens is 1. The van der Waals surface area contributed by atoms with Gasteiger partial charge in [0.15, 0.2) is 5.13 Å². The highest BCUT2D eigenvalue weighted by atomic mass is 35.5. The third kappa shape index (κ3) is 4.31. The SMILES string of the molecule is CC(C)c1cccc2sc(N3CCN(C(=O)/C=C/c4ccccc4Cl)CC3)nc12. The topological polar surface area (TPSA) is 36.4 Å². The summed E-state index contributed by atoms with van der Waals surface area (Å²) in [6.45, 7) is 7.38. The molecule has 4 nitrogen and oxygen atoms in total. The van der Waals surface area contributed by atoms with Crippen LogP contribution >= 0.6 is 22.9 Å². The first kappa shape index (κ1) is 19.9. The summed E-state index contributed by atoms with van der Waals surface area (Å²) < 4.78 is 1.23. The summed E-state index contributed by atoms with van der Waals surface area (Å²) in [7, 11) is 0. The molecule has 4 rings (SSSR count). The van der Waals surface area contributed by atoms with E-state index < -0.39 is 0 Å². The molecule has 0 unspecified atom stereocenters. The Balaban J connectivity index is 1.42. The quantitative estimate of drug-likeness (QED) is 0.522. The number of thiazole rings is 1. The van der Waals surface area contributed by atoms with E-state index in [1.165, 1.54) is 10.3 Å². The first-order valence-corrected chi connectivity index (χ1v) is 11.1. The third-order valence-electron chi connectivity index (χ3n) is 5.23. The van der Waals surface area contributed by atoms with Gasteiger partial charge >= 0.3 is 0 Å². The molecule has 29 heavy (non-hydrogen) atoms. The molecule has 150 valence electrons. The van der Waals surface area contributed by atoms with Crippen molar-refractivity contribution >= 4 is 50.3 Å². The zero-order chi connectivity index (χ0) is 20.4. The number of nitrogens with zero attached hydrogens (tertiary/aromatic N) is 3. The van der Waals surface area contributed by atoms with Crippen molar-refractivity contribution in [2.75, 3.05) is 31.1 Å². The lowest BCUT2D eigenvalue weighted by atomic mass is 10.0. The zero-order valence-corrected chi connectivity index (χ0v) is 18.2. The molecule has 6 heteroatoms. The van der Waals surface area contributed by atoms with Crippen LogP contribution in [-0.4, -0.2) is 42.0 Å². The normalized spacial score (nSPS) is 15.0. The molecule has 0 spiro atoms. The van der Waals surface area contributed by atoms with E-state index >= 15 is 0 Å². The van der Waals surface area contributed by atoms with Crippen LogP contribution in [0.1, 0.15) is 30.9 Å². The van der Waals surface area contributed by atoms with Gasteiger partial charge in [-0.15, -0.1) is 0 Å². The summed E-state index contributed by atoms with van der Waals surface area (Å²) in [5.41, 5.74) is 3.27. The van der Waals surface area contributed by atoms with Crippen molar-refractivity contribution in [3.05, 3.63) is 64.7 Å². The van der Waals surface area contributed by atoms with Gasteiger partial charge in [0.25, 0.3) is 0 Å². The van der Waals surface area contributed by atoms with E-state index in [4.69, 9.17) is 16.6 Å². The van der Waals surface area contributed by atoms with Gasteiger partial charge in [0.2, 0.25) is 5.91 Å². The van der Waals surface area contributed by atoms with E-state index in [-0.39, 0.29) is 5.91 Å². The summed E-state index contributed by atoms with van der Waals surface area (Å²) in [6, 6.07) is 13.9. The molecule has 0 atom stereocenters. The summed E-state index contributed by atoms with van der Waals surface area (Å²) >= 11 is 7.89. The van der Waals surface area contributed by atoms with Crippen LogP contribution in [0.2, 0.25) is 5.02 Å². The van der Waals surface area contributed by atoms with E-state index in [2.05, 4.69) is 36.9 Å². The Bertz CT molecular complexity index is 1050. The third-order valence-corrected chi connectivity index (χ3v) is 6.66. The summed E-state index contributed by atoms with van der Waals surface area (Å²) in [5.74, 6) is 0.476. The fourth-order valence-electron chi connectivity index (χ4n) is 3.55. The van der Waals surface area contributed by atoms with Gasteiger partial charge in [-0.3, -0.25) is 4.79 Å². The minimum atomic E-state index is 0.0240. The van der Waals surface area contributed by atoms with Gasteiger partial charge < -0.3 is 9.80 Å². The number of para-hydroxylation sites is 1. The van der Waals surface area contributed by atoms with E-state index in [0.717, 1.165) is 29.3 Å². The molecule has 2 heterocycles. The average Bonchev–Trinajstić information content (AvgIpc) is 3.17. The number of hydrogen-bond acceptors (Lipinski definition) is 4. The van der Waals surface area contributed by atoms with Crippen molar-refractivity contribution in [1.82, 2.24) is 9.88 Å². The molecule has 0 saturated carbocycles. The number of amides is 1. The van der Waals surface area contributed by atoms with Crippen molar-refractivity contribution in [3.8, 4) is 0 Å². The molecule has 3 aromatic rings. The minimum absolute atomic E-state index is 0.0240. The molecule has 1 aliphatic heterocycles. The largest absolute Gasteiger partial charge is 0.345 e. The molecule has 1 aliphatic rings. The van der Waals surface area contributed by atoms with Crippen molar-refractivity contribution in [2.24, 2.45) is 0 Å². The monoisotopic (exact) mass is 425 g/mol. The maximum Gasteiger partial charge on any atom is 0.246 e. The summed E-state index contributed by atoms with van der Waals surface area (Å²) in [4.78, 5) is 21.7. The highest BCUT2D eigenvalue weighted by Crippen LogP contribution is 2.33. The average molecular weight is 426 g/mol. The van der Waals surface area contributed by atoms with Gasteiger partial charge in [0, 0.05) is 37.3 Å². The number of fused-ring (bicyclic) bond motifs is 1. The fourth-order valence-corrected chi connectivity index (χ4v) is 4.80. The number of benzene rings is 2. The maximum absolute atomic E-state index is 12.6. The van der Waals surface area contributed by atoms with Crippen LogP contribution in [0, 0.1) is 0 Å². The Kier molecular flexibility index (Phi) is 5.88. The lowest BCUT2D eigenvalue weighted by Gasteiger charge is -2.34. The fraction of sp³-hybridized carbons (Fsp3) is 0.304. The molecule has 0 aliphatic carbocycles. The highest BCUT2D eigenvalue weighted by molar-refractivity contribution is 7.22. The number of anilines is 1. The second-order valence-corrected chi connectivity index (χ2v) is 8.93. The van der Waals surface area contributed by atoms with Crippen molar-refractivity contribution in [2.45, 2.75) is 19.8 Å². The van der Waals surface area contributed by atoms with Crippen molar-refractivity contribution in [3.63, 3.8) is 0 Å². The molecule has 1 saturated heterocycles. The van der Waals surface area contributed by atoms with Crippen molar-refractivity contribution in [1.29, 1.82) is 0 Å². The number of rotatable bonds is 4. The summed E-state index contributed by atoms with van der Waals surface area (Å²) in [5, 5.41) is 1.70. The molecule has 0 radical (unpaired) electrons. The second kappa shape index (κ2) is 8.56. The zero-order valence-electron chi connectivity index (χ0n) is 16.6. The van der Waals surface area contributed by atoms with E-state index in [1.54, 1.807) is 23.5 Å². The van der Waals surface area contributed by atoms with Crippen LogP contribution in [0.3, 0.4) is 0 Å². The van der Waals surface area contributed by atoms with Crippen LogP contribution in [0.5, 0.6) is 0 Å². The Morgan fingerprint density at radius 2 is 1.86 bits per heavy atom. The van der Waals surface area contributed by atoms with Crippen LogP contribution in [-0.2, 0) is 4.79 Å². The predicted molar refractivity (Wildman–Crippen MR) is 123 cm³/mol. The number of carbonyl (C=O) groups is 1. The smallest absolute Gasteiger partial charge is 0.246 e. The Morgan fingerprint density at radius 1 is 1.10 bits per heavy atom. The maximum atomic E-state index is 12.6. The number of piperazine rings is 1. The van der Waals surface area contributed by atoms with Crippen LogP contribution in [0.25, 0.3) is 16.3 Å². The molecule has 2 aromatic carbocycles. The molecular formula is C23H24ClN3OS. The van der Waals surface area contributed by atoms with E-state index in [9.17, 15) is 4.79 Å². The molecule has 0 bridgehead atoms. The van der Waals surface area contributed by atoms with Gasteiger partial charge in [0.1, 0.15) is 0 Å². The molecule has 1 fully saturated rings. The van der Waals surface area contributed by atoms with Gasteiger partial charge in [0.05, 0.1) is 10.2 Å². The van der Waals surface area contributed by atoms with Crippen LogP contribution < -0.4 is 4.90 Å². The van der Waals surface area contributed by atoms with Crippen LogP contribution in [0.4, 0.5) is 5.13 Å². The second-order valence-electron chi connectivity index (χ2n) is 7.51. The minimum Gasteiger partial charge on any atom is -0.345 e. The summed E-state index contributed by atoms with van der Waals surface area (Å²) in [6.07, 6.45) is 3.40. The molecular weight excluding hydrogens is 402 g/mol. The number of carbonyl (C=O) groups excluding carboxylic acids is 1. The molecule has 1 aromatic heterocycles. The standard InChI is InChI=1S/C23H24ClN3OS/c1-16(2)18-7-5-9-20-22(18)25-23(29-20)27-14-12-26(13-15-27)21(28)11-10-17-6-3-4-8-19(17)24/h3-11,16H,12-15H2,1-2H3/b11-10+. The highest BCUT2D eigenvalue weighted by Gasteiger charge is 2.22. The van der Waals surface area contributed by atoms with E-state index in [1.807, 2.05) is 29.2 Å². The number of hydrogen-bond donors (Lipinski definition) is 0. The Morgan fingerprint density at radius 3 is 2.59 bits per heavy atom. The first-order valence-electron chi connectivity index (χ1n) is 9.89. The van der Waals surface area contributed by atoms with Gasteiger partial charge in [-0.25, -0.2) is 4.98 Å². The Labute approximate surface area is 180 Å². The van der Waals surface area contributed by atoms with Gasteiger partial charge in [-0.05, 0) is 35.3 Å². The molecule has 1 amide bonds. The Hall–Kier alpha value is -2.37. The lowest BCUT2D eigenvalue weighted by Crippen LogP contribution is -2.48. The predicted octanol–water partition coefficient (Wildman–Crippen LogP) is 5.44. The van der Waals surface area contributed by atoms with E-state index in [0.29, 0.717) is 24.0 Å². The van der Waals surface area contributed by atoms with Gasteiger partial charge in [-0.2, -0.15) is 0 Å².